The van der Waals surface area contributed by atoms with Crippen molar-refractivity contribution < 1.29 is 4.74 Å². The van der Waals surface area contributed by atoms with Crippen molar-refractivity contribution in [3.05, 3.63) is 47.8 Å². The number of hydrogen-bond donors (Lipinski definition) is 1. The summed E-state index contributed by atoms with van der Waals surface area (Å²) in [6, 6.07) is 11.0. The van der Waals surface area contributed by atoms with Gasteiger partial charge in [0.25, 0.3) is 0 Å². The van der Waals surface area contributed by atoms with Crippen LogP contribution in [0.3, 0.4) is 0 Å². The van der Waals surface area contributed by atoms with Crippen molar-refractivity contribution in [2.75, 3.05) is 11.9 Å². The van der Waals surface area contributed by atoms with E-state index in [1.54, 1.807) is 0 Å². The van der Waals surface area contributed by atoms with Crippen LogP contribution in [0, 0.1) is 0 Å². The number of ether oxygens (including phenoxy) is 1. The molecule has 0 bridgehead atoms. The molecule has 110 valence electrons. The van der Waals surface area contributed by atoms with Gasteiger partial charge in [-0.25, -0.2) is 4.68 Å². The van der Waals surface area contributed by atoms with Crippen LogP contribution in [0.25, 0.3) is 0 Å². The molecule has 21 heavy (non-hydrogen) atoms. The molecule has 2 aromatic rings. The Hall–Kier alpha value is -1.81. The molecule has 4 rings (SSSR count). The van der Waals surface area contributed by atoms with Crippen LogP contribution in [0.15, 0.2) is 36.5 Å². The van der Waals surface area contributed by atoms with E-state index in [-0.39, 0.29) is 6.23 Å². The van der Waals surface area contributed by atoms with Crippen molar-refractivity contribution in [3.8, 4) is 0 Å². The quantitative estimate of drug-likeness (QED) is 0.913. The van der Waals surface area contributed by atoms with E-state index >= 15 is 0 Å². The van der Waals surface area contributed by atoms with Gasteiger partial charge in [-0.3, -0.25) is 0 Å². The summed E-state index contributed by atoms with van der Waals surface area (Å²) in [5, 5.41) is 8.19. The summed E-state index contributed by atoms with van der Waals surface area (Å²) in [6.07, 6.45) is 7.70. The highest BCUT2D eigenvalue weighted by atomic mass is 16.5. The average molecular weight is 283 g/mol. The third-order valence-corrected chi connectivity index (χ3v) is 4.54. The summed E-state index contributed by atoms with van der Waals surface area (Å²) < 4.78 is 7.98. The second-order valence-corrected chi connectivity index (χ2v) is 5.91. The Balaban J connectivity index is 1.59. The van der Waals surface area contributed by atoms with Crippen molar-refractivity contribution in [2.24, 2.45) is 0 Å². The molecular weight excluding hydrogens is 262 g/mol. The van der Waals surface area contributed by atoms with E-state index in [9.17, 15) is 0 Å². The minimum atomic E-state index is 0.114. The second kappa shape index (κ2) is 5.53. The predicted molar refractivity (Wildman–Crippen MR) is 82.2 cm³/mol. The molecule has 1 aromatic carbocycles. The zero-order valence-electron chi connectivity index (χ0n) is 12.2. The zero-order valence-corrected chi connectivity index (χ0v) is 12.2. The van der Waals surface area contributed by atoms with Gasteiger partial charge in [-0.05, 0) is 49.8 Å². The number of aryl methyl sites for hydroxylation is 1. The first-order valence-electron chi connectivity index (χ1n) is 7.91. The van der Waals surface area contributed by atoms with Crippen molar-refractivity contribution in [1.82, 2.24) is 9.78 Å². The van der Waals surface area contributed by atoms with Crippen LogP contribution in [-0.4, -0.2) is 16.4 Å². The molecule has 2 atom stereocenters. The second-order valence-electron chi connectivity index (χ2n) is 5.91. The number of hydrogen-bond acceptors (Lipinski definition) is 3. The Kier molecular flexibility index (Phi) is 3.39. The minimum Gasteiger partial charge on any atom is -0.376 e. The lowest BCUT2D eigenvalue weighted by molar-refractivity contribution is -0.0415. The predicted octanol–water partition coefficient (Wildman–Crippen LogP) is 3.68. The summed E-state index contributed by atoms with van der Waals surface area (Å²) in [7, 11) is 0. The normalized spacial score (nSPS) is 25.1. The standard InChI is InChI=1S/C17H21N3O/c1-2-6-14-13(5-1)8-9-15(19-14)16-10-11-18-20(16)17-7-3-4-12-21-17/h1-2,5-6,10-11,15,17,19H,3-4,7-9,12H2. The molecule has 3 heterocycles. The van der Waals surface area contributed by atoms with Gasteiger partial charge >= 0.3 is 0 Å². The fourth-order valence-corrected chi connectivity index (χ4v) is 3.42. The zero-order chi connectivity index (χ0) is 14.1. The average Bonchev–Trinajstić information content (AvgIpc) is 3.05. The monoisotopic (exact) mass is 283 g/mol. The highest BCUT2D eigenvalue weighted by molar-refractivity contribution is 5.54. The Bertz CT molecular complexity index is 616. The molecule has 1 aromatic heterocycles. The first-order chi connectivity index (χ1) is 10.4. The van der Waals surface area contributed by atoms with Crippen molar-refractivity contribution in [3.63, 3.8) is 0 Å². The molecule has 1 fully saturated rings. The molecule has 0 saturated carbocycles. The molecule has 1 N–H and O–H groups in total. The van der Waals surface area contributed by atoms with Gasteiger partial charge in [-0.1, -0.05) is 18.2 Å². The lowest BCUT2D eigenvalue weighted by atomic mass is 9.96. The van der Waals surface area contributed by atoms with Gasteiger partial charge in [0, 0.05) is 18.5 Å². The maximum Gasteiger partial charge on any atom is 0.150 e. The van der Waals surface area contributed by atoms with Crippen LogP contribution < -0.4 is 5.32 Å². The number of anilines is 1. The largest absolute Gasteiger partial charge is 0.376 e. The number of nitrogens with one attached hydrogen (secondary N) is 1. The van der Waals surface area contributed by atoms with E-state index in [1.165, 1.54) is 29.8 Å². The van der Waals surface area contributed by atoms with Crippen molar-refractivity contribution in [1.29, 1.82) is 0 Å². The van der Waals surface area contributed by atoms with E-state index in [1.807, 2.05) is 6.20 Å². The number of benzene rings is 1. The van der Waals surface area contributed by atoms with Crippen LogP contribution in [0.1, 0.15) is 49.2 Å². The fraction of sp³-hybridized carbons (Fsp3) is 0.471. The van der Waals surface area contributed by atoms with Gasteiger partial charge in [0.2, 0.25) is 0 Å². The molecule has 2 aliphatic rings. The highest BCUT2D eigenvalue weighted by Crippen LogP contribution is 2.34. The van der Waals surface area contributed by atoms with E-state index in [0.717, 1.165) is 25.9 Å². The topological polar surface area (TPSA) is 39.1 Å². The van der Waals surface area contributed by atoms with Crippen molar-refractivity contribution >= 4 is 5.69 Å². The maximum atomic E-state index is 5.90. The highest BCUT2D eigenvalue weighted by Gasteiger charge is 2.25. The Morgan fingerprint density at radius 3 is 3.00 bits per heavy atom. The van der Waals surface area contributed by atoms with E-state index in [2.05, 4.69) is 45.4 Å². The van der Waals surface area contributed by atoms with Crippen LogP contribution >= 0.6 is 0 Å². The SMILES string of the molecule is c1ccc2c(c1)CCC(c1ccnn1C1CCCCO1)N2. The van der Waals surface area contributed by atoms with Gasteiger partial charge < -0.3 is 10.1 Å². The van der Waals surface area contributed by atoms with Gasteiger partial charge in [-0.2, -0.15) is 5.10 Å². The van der Waals surface area contributed by atoms with Crippen LogP contribution in [0.4, 0.5) is 5.69 Å². The smallest absolute Gasteiger partial charge is 0.150 e. The molecule has 0 radical (unpaired) electrons. The van der Waals surface area contributed by atoms with Crippen molar-refractivity contribution in [2.45, 2.75) is 44.4 Å². The first-order valence-corrected chi connectivity index (χ1v) is 7.91. The van der Waals surface area contributed by atoms with Gasteiger partial charge in [0.05, 0.1) is 11.7 Å². The molecule has 1 saturated heterocycles. The number of nitrogens with zero attached hydrogens (tertiary/aromatic N) is 2. The molecule has 2 unspecified atom stereocenters. The number of para-hydroxylation sites is 1. The summed E-state index contributed by atoms with van der Waals surface area (Å²) in [6.45, 7) is 0.852. The van der Waals surface area contributed by atoms with E-state index < -0.39 is 0 Å². The molecule has 0 spiro atoms. The van der Waals surface area contributed by atoms with E-state index in [0.29, 0.717) is 6.04 Å². The maximum absolute atomic E-state index is 5.90. The third-order valence-electron chi connectivity index (χ3n) is 4.54. The molecular formula is C17H21N3O. The summed E-state index contributed by atoms with van der Waals surface area (Å²) >= 11 is 0. The Morgan fingerprint density at radius 2 is 2.10 bits per heavy atom. The van der Waals surface area contributed by atoms with Gasteiger partial charge in [0.15, 0.2) is 6.23 Å². The molecule has 0 aliphatic carbocycles. The summed E-state index contributed by atoms with van der Waals surface area (Å²) in [4.78, 5) is 0. The number of fused-ring (bicyclic) bond motifs is 1. The summed E-state index contributed by atoms with van der Waals surface area (Å²) in [5.41, 5.74) is 3.91. The molecule has 4 nitrogen and oxygen atoms in total. The lowest BCUT2D eigenvalue weighted by Crippen LogP contribution is -2.26. The molecule has 2 aliphatic heterocycles. The van der Waals surface area contributed by atoms with Gasteiger partial charge in [0.1, 0.15) is 0 Å². The van der Waals surface area contributed by atoms with Crippen LogP contribution in [0.2, 0.25) is 0 Å². The van der Waals surface area contributed by atoms with Gasteiger partial charge in [-0.15, -0.1) is 0 Å². The number of rotatable bonds is 2. The number of aromatic nitrogens is 2. The fourth-order valence-electron chi connectivity index (χ4n) is 3.42. The first kappa shape index (κ1) is 12.9. The third kappa shape index (κ3) is 2.44. The van der Waals surface area contributed by atoms with Crippen LogP contribution in [-0.2, 0) is 11.2 Å². The Labute approximate surface area is 125 Å². The molecule has 4 heteroatoms. The molecule has 0 amide bonds. The summed E-state index contributed by atoms with van der Waals surface area (Å²) in [5.74, 6) is 0. The lowest BCUT2D eigenvalue weighted by Gasteiger charge is -2.30. The van der Waals surface area contributed by atoms with E-state index in [4.69, 9.17) is 4.74 Å². The minimum absolute atomic E-state index is 0.114. The van der Waals surface area contributed by atoms with Crippen LogP contribution in [0.5, 0.6) is 0 Å². The Morgan fingerprint density at radius 1 is 1.14 bits per heavy atom.